The molecular formula is C12H12N4O5. The van der Waals surface area contributed by atoms with Crippen molar-refractivity contribution in [1.29, 1.82) is 5.26 Å². The molecule has 1 aromatic heterocycles. The van der Waals surface area contributed by atoms with E-state index in [1.165, 1.54) is 18.2 Å². The molecule has 0 bridgehead atoms. The summed E-state index contributed by atoms with van der Waals surface area (Å²) in [5, 5.41) is 29.1. The normalized spacial score (nSPS) is 21.0. The number of nitriles is 1. The zero-order valence-corrected chi connectivity index (χ0v) is 11.1. The fourth-order valence-corrected chi connectivity index (χ4v) is 2.30. The van der Waals surface area contributed by atoms with E-state index in [1.54, 1.807) is 6.07 Å². The minimum atomic E-state index is -1.10. The number of nitro groups is 1. The van der Waals surface area contributed by atoms with E-state index in [0.717, 1.165) is 6.07 Å². The Labute approximate surface area is 119 Å². The van der Waals surface area contributed by atoms with E-state index in [1.807, 2.05) is 0 Å². The average molecular weight is 292 g/mol. The average Bonchev–Trinajstić information content (AvgIpc) is 2.90. The van der Waals surface area contributed by atoms with E-state index in [0.29, 0.717) is 0 Å². The van der Waals surface area contributed by atoms with Crippen molar-refractivity contribution in [3.05, 3.63) is 27.9 Å². The third-order valence-corrected chi connectivity index (χ3v) is 3.33. The number of carboxylic acid groups (broad SMARTS) is 1. The zero-order valence-electron chi connectivity index (χ0n) is 11.1. The maximum absolute atomic E-state index is 11.3. The Morgan fingerprint density at radius 3 is 2.95 bits per heavy atom. The summed E-state index contributed by atoms with van der Waals surface area (Å²) in [6.45, 7) is 0.188. The number of aromatic nitrogens is 1. The molecule has 1 N–H and O–H groups in total. The summed E-state index contributed by atoms with van der Waals surface area (Å²) < 4.78 is 5.13. The highest BCUT2D eigenvalue weighted by Gasteiger charge is 2.40. The van der Waals surface area contributed by atoms with E-state index >= 15 is 0 Å². The molecule has 2 rings (SSSR count). The van der Waals surface area contributed by atoms with Crippen LogP contribution in [0.5, 0.6) is 0 Å². The van der Waals surface area contributed by atoms with Gasteiger partial charge < -0.3 is 14.7 Å². The quantitative estimate of drug-likeness (QED) is 0.628. The number of hydrogen-bond acceptors (Lipinski definition) is 7. The molecule has 2 unspecified atom stereocenters. The van der Waals surface area contributed by atoms with Crippen LogP contribution in [0.25, 0.3) is 0 Å². The summed E-state index contributed by atoms with van der Waals surface area (Å²) in [6.07, 6.45) is 1.05. The molecule has 1 aliphatic rings. The minimum Gasteiger partial charge on any atom is -0.480 e. The zero-order chi connectivity index (χ0) is 15.6. The lowest BCUT2D eigenvalue weighted by Gasteiger charge is -2.21. The SMILES string of the molecule is COC1CC(C(=O)O)N(c2ncc(C#N)cc2[N+](=O)[O-])C1. The summed E-state index contributed by atoms with van der Waals surface area (Å²) >= 11 is 0. The van der Waals surface area contributed by atoms with Gasteiger partial charge in [0.15, 0.2) is 0 Å². The highest BCUT2D eigenvalue weighted by Crippen LogP contribution is 2.33. The second kappa shape index (κ2) is 5.72. The first kappa shape index (κ1) is 14.7. The lowest BCUT2D eigenvalue weighted by molar-refractivity contribution is -0.384. The summed E-state index contributed by atoms with van der Waals surface area (Å²) in [4.78, 5) is 27.0. The van der Waals surface area contributed by atoms with Crippen molar-refractivity contribution in [1.82, 2.24) is 4.98 Å². The van der Waals surface area contributed by atoms with E-state index in [-0.39, 0.29) is 30.5 Å². The van der Waals surface area contributed by atoms with Crippen LogP contribution in [0.4, 0.5) is 11.5 Å². The highest BCUT2D eigenvalue weighted by molar-refractivity contribution is 5.80. The summed E-state index contributed by atoms with van der Waals surface area (Å²) in [5.41, 5.74) is -0.350. The number of aliphatic carboxylic acids is 1. The van der Waals surface area contributed by atoms with Crippen LogP contribution in [-0.2, 0) is 9.53 Å². The smallest absolute Gasteiger partial charge is 0.326 e. The molecule has 1 saturated heterocycles. The van der Waals surface area contributed by atoms with E-state index in [4.69, 9.17) is 10.00 Å². The van der Waals surface area contributed by atoms with E-state index in [9.17, 15) is 20.0 Å². The van der Waals surface area contributed by atoms with Crippen molar-refractivity contribution in [3.63, 3.8) is 0 Å². The minimum absolute atomic E-state index is 0.0415. The number of methoxy groups -OCH3 is 1. The number of carbonyl (C=O) groups is 1. The first-order valence-electron chi connectivity index (χ1n) is 6.04. The van der Waals surface area contributed by atoms with Gasteiger partial charge in [0.05, 0.1) is 16.6 Å². The van der Waals surface area contributed by atoms with Crippen LogP contribution >= 0.6 is 0 Å². The molecule has 0 aliphatic carbocycles. The first-order valence-corrected chi connectivity index (χ1v) is 6.04. The molecule has 9 nitrogen and oxygen atoms in total. The number of anilines is 1. The monoisotopic (exact) mass is 292 g/mol. The molecule has 2 heterocycles. The third kappa shape index (κ3) is 2.75. The molecule has 0 aromatic carbocycles. The van der Waals surface area contributed by atoms with Gasteiger partial charge >= 0.3 is 11.7 Å². The molecule has 0 spiro atoms. The molecule has 0 radical (unpaired) electrons. The van der Waals surface area contributed by atoms with Crippen molar-refractivity contribution in [2.45, 2.75) is 18.6 Å². The second-order valence-electron chi connectivity index (χ2n) is 4.54. The van der Waals surface area contributed by atoms with Gasteiger partial charge in [0.1, 0.15) is 12.1 Å². The van der Waals surface area contributed by atoms with Crippen LogP contribution in [0, 0.1) is 21.4 Å². The first-order chi connectivity index (χ1) is 9.97. The Kier molecular flexibility index (Phi) is 4.00. The molecule has 2 atom stereocenters. The van der Waals surface area contributed by atoms with Crippen LogP contribution in [0.2, 0.25) is 0 Å². The molecule has 0 saturated carbocycles. The van der Waals surface area contributed by atoms with Crippen molar-refractivity contribution in [2.75, 3.05) is 18.6 Å². The summed E-state index contributed by atoms with van der Waals surface area (Å²) in [7, 11) is 1.45. The standard InChI is InChI=1S/C12H12N4O5/c1-21-8-3-10(12(17)18)15(6-8)11-9(16(19)20)2-7(4-13)5-14-11/h2,5,8,10H,3,6H2,1H3,(H,17,18). The molecule has 1 aromatic rings. The highest BCUT2D eigenvalue weighted by atomic mass is 16.6. The molecule has 9 heteroatoms. The van der Waals surface area contributed by atoms with Gasteiger partial charge in [-0.15, -0.1) is 0 Å². The largest absolute Gasteiger partial charge is 0.480 e. The van der Waals surface area contributed by atoms with Gasteiger partial charge in [0, 0.05) is 32.3 Å². The molecule has 1 fully saturated rings. The van der Waals surface area contributed by atoms with Crippen molar-refractivity contribution < 1.29 is 19.6 Å². The van der Waals surface area contributed by atoms with Crippen molar-refractivity contribution in [3.8, 4) is 6.07 Å². The lowest BCUT2D eigenvalue weighted by Crippen LogP contribution is -2.37. The Morgan fingerprint density at radius 2 is 2.43 bits per heavy atom. The van der Waals surface area contributed by atoms with Crippen molar-refractivity contribution >= 4 is 17.5 Å². The van der Waals surface area contributed by atoms with Crippen LogP contribution in [0.3, 0.4) is 0 Å². The van der Waals surface area contributed by atoms with Gasteiger partial charge in [-0.05, 0) is 0 Å². The van der Waals surface area contributed by atoms with Crippen LogP contribution < -0.4 is 4.90 Å². The van der Waals surface area contributed by atoms with E-state index in [2.05, 4.69) is 4.98 Å². The number of carboxylic acids is 1. The van der Waals surface area contributed by atoms with Crippen LogP contribution in [0.15, 0.2) is 12.3 Å². The number of nitrogens with zero attached hydrogens (tertiary/aromatic N) is 4. The molecular weight excluding hydrogens is 280 g/mol. The summed E-state index contributed by atoms with van der Waals surface area (Å²) in [6, 6.07) is 1.90. The molecule has 110 valence electrons. The lowest BCUT2D eigenvalue weighted by atomic mass is 10.2. The Bertz CT molecular complexity index is 627. The predicted molar refractivity (Wildman–Crippen MR) is 69.8 cm³/mol. The fraction of sp³-hybridized carbons (Fsp3) is 0.417. The Balaban J connectivity index is 2.47. The molecule has 0 amide bonds. The van der Waals surface area contributed by atoms with E-state index < -0.39 is 22.6 Å². The number of pyridine rings is 1. The summed E-state index contributed by atoms with van der Waals surface area (Å²) in [5.74, 6) is -1.17. The van der Waals surface area contributed by atoms with Crippen LogP contribution in [0.1, 0.15) is 12.0 Å². The van der Waals surface area contributed by atoms with Gasteiger partial charge in [-0.2, -0.15) is 5.26 Å². The van der Waals surface area contributed by atoms with Crippen LogP contribution in [-0.4, -0.2) is 46.8 Å². The van der Waals surface area contributed by atoms with Crippen molar-refractivity contribution in [2.24, 2.45) is 0 Å². The second-order valence-corrected chi connectivity index (χ2v) is 4.54. The van der Waals surface area contributed by atoms with Gasteiger partial charge in [-0.1, -0.05) is 0 Å². The predicted octanol–water partition coefficient (Wildman–Crippen LogP) is 0.540. The Hall–Kier alpha value is -2.73. The molecule has 1 aliphatic heterocycles. The van der Waals surface area contributed by atoms with Gasteiger partial charge in [0.25, 0.3) is 0 Å². The number of hydrogen-bond donors (Lipinski definition) is 1. The third-order valence-electron chi connectivity index (χ3n) is 3.33. The molecule has 21 heavy (non-hydrogen) atoms. The van der Waals surface area contributed by atoms with Gasteiger partial charge in [0.2, 0.25) is 5.82 Å². The number of rotatable bonds is 4. The fourth-order valence-electron chi connectivity index (χ4n) is 2.30. The van der Waals surface area contributed by atoms with Gasteiger partial charge in [-0.3, -0.25) is 10.1 Å². The maximum Gasteiger partial charge on any atom is 0.326 e. The van der Waals surface area contributed by atoms with Gasteiger partial charge in [-0.25, -0.2) is 9.78 Å². The Morgan fingerprint density at radius 1 is 1.71 bits per heavy atom. The number of ether oxygens (including phenoxy) is 1. The maximum atomic E-state index is 11.3. The topological polar surface area (TPSA) is 130 Å².